The van der Waals surface area contributed by atoms with Crippen molar-refractivity contribution in [3.05, 3.63) is 30.6 Å². The van der Waals surface area contributed by atoms with E-state index in [1.165, 1.54) is 6.33 Å². The number of anilines is 1. The quantitative estimate of drug-likeness (QED) is 0.708. The molecule has 0 unspecified atom stereocenters. The number of para-hydroxylation sites is 1. The van der Waals surface area contributed by atoms with E-state index in [1.54, 1.807) is 0 Å². The zero-order valence-electron chi connectivity index (χ0n) is 13.8. The Balaban J connectivity index is 1.45. The number of benzene rings is 1. The van der Waals surface area contributed by atoms with E-state index in [9.17, 15) is 9.90 Å². The number of fused-ring (bicyclic) bond motifs is 1. The Morgan fingerprint density at radius 2 is 1.92 bits per heavy atom. The van der Waals surface area contributed by atoms with E-state index in [2.05, 4.69) is 20.6 Å². The molecule has 0 aliphatic heterocycles. The SMILES string of the molecule is O=C(CC1(O)CCCCC1)NCCNc1ncnc2ccccc12. The summed E-state index contributed by atoms with van der Waals surface area (Å²) >= 11 is 0. The normalized spacial score (nSPS) is 16.7. The van der Waals surface area contributed by atoms with Gasteiger partial charge in [-0.3, -0.25) is 4.79 Å². The lowest BCUT2D eigenvalue weighted by molar-refractivity contribution is -0.127. The van der Waals surface area contributed by atoms with E-state index in [4.69, 9.17) is 0 Å². The predicted molar refractivity (Wildman–Crippen MR) is 93.7 cm³/mol. The molecule has 1 aliphatic rings. The third kappa shape index (κ3) is 4.20. The van der Waals surface area contributed by atoms with Gasteiger partial charge in [-0.05, 0) is 25.0 Å². The van der Waals surface area contributed by atoms with Gasteiger partial charge in [0.1, 0.15) is 12.1 Å². The third-order valence-electron chi connectivity index (χ3n) is 4.56. The van der Waals surface area contributed by atoms with Crippen LogP contribution < -0.4 is 10.6 Å². The van der Waals surface area contributed by atoms with Gasteiger partial charge in [0.2, 0.25) is 5.91 Å². The summed E-state index contributed by atoms with van der Waals surface area (Å²) in [5.74, 6) is 0.675. The second kappa shape index (κ2) is 7.57. The van der Waals surface area contributed by atoms with Crippen LogP contribution in [0.2, 0.25) is 0 Å². The maximum Gasteiger partial charge on any atom is 0.222 e. The number of nitrogens with zero attached hydrogens (tertiary/aromatic N) is 2. The lowest BCUT2D eigenvalue weighted by atomic mass is 9.82. The molecule has 6 heteroatoms. The number of aliphatic hydroxyl groups is 1. The van der Waals surface area contributed by atoms with Gasteiger partial charge in [-0.15, -0.1) is 0 Å². The van der Waals surface area contributed by atoms with Crippen LogP contribution in [0.3, 0.4) is 0 Å². The number of nitrogens with one attached hydrogen (secondary N) is 2. The fourth-order valence-electron chi connectivity index (χ4n) is 3.28. The van der Waals surface area contributed by atoms with Gasteiger partial charge in [0.15, 0.2) is 0 Å². The highest BCUT2D eigenvalue weighted by molar-refractivity contribution is 5.88. The van der Waals surface area contributed by atoms with Crippen molar-refractivity contribution in [1.82, 2.24) is 15.3 Å². The molecule has 3 rings (SSSR count). The lowest BCUT2D eigenvalue weighted by Gasteiger charge is -2.31. The molecule has 1 aliphatic carbocycles. The summed E-state index contributed by atoms with van der Waals surface area (Å²) in [6, 6.07) is 7.79. The molecule has 0 atom stereocenters. The maximum absolute atomic E-state index is 12.0. The number of rotatable bonds is 6. The van der Waals surface area contributed by atoms with Crippen molar-refractivity contribution < 1.29 is 9.90 Å². The zero-order chi connectivity index (χ0) is 16.8. The molecule has 1 amide bonds. The maximum atomic E-state index is 12.0. The van der Waals surface area contributed by atoms with Crippen LogP contribution in [0.5, 0.6) is 0 Å². The summed E-state index contributed by atoms with van der Waals surface area (Å²) in [4.78, 5) is 20.5. The van der Waals surface area contributed by atoms with Gasteiger partial charge in [0.05, 0.1) is 17.5 Å². The number of hydrogen-bond donors (Lipinski definition) is 3. The highest BCUT2D eigenvalue weighted by Crippen LogP contribution is 2.30. The van der Waals surface area contributed by atoms with Gasteiger partial charge < -0.3 is 15.7 Å². The van der Waals surface area contributed by atoms with E-state index in [-0.39, 0.29) is 12.3 Å². The van der Waals surface area contributed by atoms with E-state index < -0.39 is 5.60 Å². The first kappa shape index (κ1) is 16.6. The number of amides is 1. The Labute approximate surface area is 141 Å². The van der Waals surface area contributed by atoms with Gasteiger partial charge in [-0.25, -0.2) is 9.97 Å². The molecule has 6 nitrogen and oxygen atoms in total. The minimum absolute atomic E-state index is 0.0891. The van der Waals surface area contributed by atoms with Crippen LogP contribution in [0.15, 0.2) is 30.6 Å². The highest BCUT2D eigenvalue weighted by atomic mass is 16.3. The lowest BCUT2D eigenvalue weighted by Crippen LogP contribution is -2.39. The number of carbonyl (C=O) groups is 1. The molecule has 0 bridgehead atoms. The Morgan fingerprint density at radius 1 is 1.12 bits per heavy atom. The molecule has 0 radical (unpaired) electrons. The second-order valence-electron chi connectivity index (χ2n) is 6.48. The van der Waals surface area contributed by atoms with Gasteiger partial charge >= 0.3 is 0 Å². The van der Waals surface area contributed by atoms with Crippen LogP contribution in [-0.4, -0.2) is 39.7 Å². The molecule has 0 spiro atoms. The van der Waals surface area contributed by atoms with E-state index in [0.717, 1.165) is 48.8 Å². The Hall–Kier alpha value is -2.21. The first-order valence-electron chi connectivity index (χ1n) is 8.59. The summed E-state index contributed by atoms with van der Waals surface area (Å²) in [5, 5.41) is 17.5. The molecule has 24 heavy (non-hydrogen) atoms. The smallest absolute Gasteiger partial charge is 0.222 e. The fourth-order valence-corrected chi connectivity index (χ4v) is 3.28. The van der Waals surface area contributed by atoms with Crippen molar-refractivity contribution >= 4 is 22.6 Å². The minimum Gasteiger partial charge on any atom is -0.389 e. The van der Waals surface area contributed by atoms with Crippen molar-refractivity contribution in [1.29, 1.82) is 0 Å². The summed E-state index contributed by atoms with van der Waals surface area (Å²) in [6.45, 7) is 1.07. The predicted octanol–water partition coefficient (Wildman–Crippen LogP) is 2.24. The summed E-state index contributed by atoms with van der Waals surface area (Å²) in [7, 11) is 0. The zero-order valence-corrected chi connectivity index (χ0v) is 13.8. The topological polar surface area (TPSA) is 87.1 Å². The Bertz CT molecular complexity index is 693. The third-order valence-corrected chi connectivity index (χ3v) is 4.56. The standard InChI is InChI=1S/C18H24N4O2/c23-16(12-18(24)8-4-1-5-9-18)19-10-11-20-17-14-6-2-3-7-15(14)21-13-22-17/h2-3,6-7,13,24H,1,4-5,8-12H2,(H,19,23)(H,20,21,22). The van der Waals surface area contributed by atoms with E-state index >= 15 is 0 Å². The van der Waals surface area contributed by atoms with Gasteiger partial charge in [0.25, 0.3) is 0 Å². The van der Waals surface area contributed by atoms with Crippen LogP contribution in [-0.2, 0) is 4.79 Å². The minimum atomic E-state index is -0.807. The molecule has 1 aromatic heterocycles. The highest BCUT2D eigenvalue weighted by Gasteiger charge is 2.31. The molecular weight excluding hydrogens is 304 g/mol. The second-order valence-corrected chi connectivity index (χ2v) is 6.48. The van der Waals surface area contributed by atoms with E-state index in [0.29, 0.717) is 13.1 Å². The van der Waals surface area contributed by atoms with Crippen molar-refractivity contribution in [2.24, 2.45) is 0 Å². The largest absolute Gasteiger partial charge is 0.389 e. The molecule has 1 aromatic carbocycles. The van der Waals surface area contributed by atoms with Crippen LogP contribution in [0.1, 0.15) is 38.5 Å². The van der Waals surface area contributed by atoms with Gasteiger partial charge in [-0.1, -0.05) is 31.4 Å². The molecule has 2 aromatic rings. The number of aromatic nitrogens is 2. The average Bonchev–Trinajstić information content (AvgIpc) is 2.59. The van der Waals surface area contributed by atoms with Crippen LogP contribution in [0, 0.1) is 0 Å². The fraction of sp³-hybridized carbons (Fsp3) is 0.500. The monoisotopic (exact) mass is 328 g/mol. The summed E-state index contributed by atoms with van der Waals surface area (Å²) < 4.78 is 0. The molecular formula is C18H24N4O2. The molecule has 0 saturated heterocycles. The average molecular weight is 328 g/mol. The molecule has 1 saturated carbocycles. The van der Waals surface area contributed by atoms with Gasteiger partial charge in [-0.2, -0.15) is 0 Å². The number of hydrogen-bond acceptors (Lipinski definition) is 5. The van der Waals surface area contributed by atoms with Crippen molar-refractivity contribution in [3.8, 4) is 0 Å². The molecule has 128 valence electrons. The number of carbonyl (C=O) groups excluding carboxylic acids is 1. The van der Waals surface area contributed by atoms with Gasteiger partial charge in [0, 0.05) is 18.5 Å². The van der Waals surface area contributed by atoms with Crippen molar-refractivity contribution in [2.75, 3.05) is 18.4 Å². The summed E-state index contributed by atoms with van der Waals surface area (Å²) in [5.41, 5.74) is 0.0806. The molecule has 1 fully saturated rings. The van der Waals surface area contributed by atoms with Crippen LogP contribution >= 0.6 is 0 Å². The van der Waals surface area contributed by atoms with E-state index in [1.807, 2.05) is 24.3 Å². The molecule has 3 N–H and O–H groups in total. The molecule has 1 heterocycles. The van der Waals surface area contributed by atoms with Crippen molar-refractivity contribution in [3.63, 3.8) is 0 Å². The van der Waals surface area contributed by atoms with Crippen LogP contribution in [0.4, 0.5) is 5.82 Å². The Kier molecular flexibility index (Phi) is 5.25. The van der Waals surface area contributed by atoms with Crippen molar-refractivity contribution in [2.45, 2.75) is 44.1 Å². The first-order valence-corrected chi connectivity index (χ1v) is 8.59. The summed E-state index contributed by atoms with van der Waals surface area (Å²) in [6.07, 6.45) is 6.35. The first-order chi connectivity index (χ1) is 11.7. The Morgan fingerprint density at radius 3 is 2.75 bits per heavy atom. The van der Waals surface area contributed by atoms with Crippen LogP contribution in [0.25, 0.3) is 10.9 Å².